The number of likely N-dealkylation sites (N-methyl/N-ethyl adjacent to an activating group) is 2. The van der Waals surface area contributed by atoms with Gasteiger partial charge < -0.3 is 46.4 Å². The number of primary amides is 2. The Bertz CT molecular complexity index is 2660. The maximum atomic E-state index is 12.6. The second-order valence-electron chi connectivity index (χ2n) is 16.7. The first-order chi connectivity index (χ1) is 29.8. The van der Waals surface area contributed by atoms with Crippen LogP contribution >= 0.6 is 0 Å². The van der Waals surface area contributed by atoms with Gasteiger partial charge in [-0.05, 0) is 45.0 Å². The van der Waals surface area contributed by atoms with E-state index >= 15 is 0 Å². The zero-order valence-corrected chi connectivity index (χ0v) is 35.6. The molecule has 328 valence electrons. The molecule has 4 aromatic heterocycles. The molecule has 0 aliphatic carbocycles. The predicted octanol–water partition coefficient (Wildman–Crippen LogP) is -0.439. The van der Waals surface area contributed by atoms with Crippen LogP contribution in [-0.2, 0) is 40.3 Å². The first-order valence-corrected chi connectivity index (χ1v) is 20.2. The van der Waals surface area contributed by atoms with E-state index in [0.29, 0.717) is 73.0 Å². The summed E-state index contributed by atoms with van der Waals surface area (Å²) in [5.41, 5.74) is 11.3. The number of hydrogen-bond acceptors (Lipinski definition) is 13. The summed E-state index contributed by atoms with van der Waals surface area (Å²) in [4.78, 5) is 73.8. The molecule has 2 fully saturated rings. The van der Waals surface area contributed by atoms with E-state index in [2.05, 4.69) is 49.2 Å². The summed E-state index contributed by atoms with van der Waals surface area (Å²) in [7, 11) is 3.26. The van der Waals surface area contributed by atoms with Crippen LogP contribution in [0.15, 0.2) is 36.7 Å². The molecule has 0 bridgehead atoms. The van der Waals surface area contributed by atoms with Crippen LogP contribution in [0.4, 0.5) is 4.79 Å². The molecule has 4 aliphatic heterocycles. The number of amides is 5. The molecule has 5 amide bonds. The van der Waals surface area contributed by atoms with E-state index < -0.39 is 46.5 Å². The number of pyridine rings is 2. The van der Waals surface area contributed by atoms with Crippen LogP contribution in [-0.4, -0.2) is 141 Å². The standard InChI is InChI=1S/C24H28N6O5.C19H20N6O3/c1-23(2,3)35-22(33)29-11-7-17-16(14-29)19(20(25)31)27-30(17)18-13-15(6-10-26-18)5-8-24(34)9-12-28(4)21(24)32;1-24-9-6-19(28,18(24)27)5-2-12-3-8-22-15(10-12)25-14-4-7-21-11-13(14)16(23-25)17(20)26/h6,10,13,34H,7,9,11-12,14H2,1-4H3,(H2,25,31);3,8,10,21,28H,4,6-7,9,11H2,1H3,(H2,20,26)/t24-;19-/m00/s1. The highest BCUT2D eigenvalue weighted by molar-refractivity contribution is 5.94. The largest absolute Gasteiger partial charge is 0.444 e. The van der Waals surface area contributed by atoms with Crippen LogP contribution in [0.5, 0.6) is 0 Å². The Kier molecular flexibility index (Phi) is 11.8. The minimum Gasteiger partial charge on any atom is -0.444 e. The zero-order valence-electron chi connectivity index (χ0n) is 35.6. The number of carbonyl (C=O) groups excluding carboxylic acids is 5. The Labute approximate surface area is 362 Å². The van der Waals surface area contributed by atoms with Crippen molar-refractivity contribution >= 4 is 29.7 Å². The van der Waals surface area contributed by atoms with Gasteiger partial charge in [0.15, 0.2) is 23.0 Å². The number of nitrogens with two attached hydrogens (primary N) is 2. The minimum atomic E-state index is -1.71. The van der Waals surface area contributed by atoms with E-state index in [9.17, 15) is 34.2 Å². The third kappa shape index (κ3) is 9.09. The van der Waals surface area contributed by atoms with E-state index in [4.69, 9.17) is 16.2 Å². The van der Waals surface area contributed by atoms with Crippen LogP contribution in [0.25, 0.3) is 11.6 Å². The van der Waals surface area contributed by atoms with Gasteiger partial charge in [0.25, 0.3) is 23.6 Å². The molecular weight excluding hydrogens is 813 g/mol. The number of nitrogens with one attached hydrogen (secondary N) is 1. The first kappa shape index (κ1) is 43.9. The average Bonchev–Trinajstić information content (AvgIpc) is 3.98. The average molecular weight is 861 g/mol. The van der Waals surface area contributed by atoms with Crippen LogP contribution in [0, 0.1) is 23.7 Å². The number of ether oxygens (including phenoxy) is 1. The SMILES string of the molecule is CN1CC[C@@](O)(C#Cc2ccnc(-n3nc(C(N)=O)c4c3CCN(C(=O)OC(C)(C)C)C4)c2)C1=O.CN1CC[C@@](O)(C#Cc2ccnc(-n3nc(C(N)=O)c4c3CCNC4)c2)C1=O. The van der Waals surface area contributed by atoms with Crippen molar-refractivity contribution in [3.05, 3.63) is 81.7 Å². The van der Waals surface area contributed by atoms with E-state index in [1.54, 1.807) is 70.0 Å². The van der Waals surface area contributed by atoms with Gasteiger partial charge in [-0.25, -0.2) is 24.1 Å². The maximum absolute atomic E-state index is 12.6. The summed E-state index contributed by atoms with van der Waals surface area (Å²) >= 11 is 0. The van der Waals surface area contributed by atoms with Gasteiger partial charge in [0.1, 0.15) is 5.60 Å². The predicted molar refractivity (Wildman–Crippen MR) is 224 cm³/mol. The second-order valence-corrected chi connectivity index (χ2v) is 16.7. The summed E-state index contributed by atoms with van der Waals surface area (Å²) in [5.74, 6) is 9.86. The lowest BCUT2D eigenvalue weighted by atomic mass is 10.0. The van der Waals surface area contributed by atoms with Crippen molar-refractivity contribution in [1.29, 1.82) is 0 Å². The van der Waals surface area contributed by atoms with Gasteiger partial charge in [-0.1, -0.05) is 23.7 Å². The molecular formula is C43H48N12O8. The fraction of sp³-hybridized carbons (Fsp3) is 0.419. The number of fused-ring (bicyclic) bond motifs is 2. The highest BCUT2D eigenvalue weighted by Gasteiger charge is 2.43. The molecule has 4 aliphatic rings. The van der Waals surface area contributed by atoms with Crippen LogP contribution in [0.3, 0.4) is 0 Å². The Morgan fingerprint density at radius 3 is 1.73 bits per heavy atom. The monoisotopic (exact) mass is 860 g/mol. The van der Waals surface area contributed by atoms with Gasteiger partial charge in [-0.3, -0.25) is 19.2 Å². The molecule has 0 spiro atoms. The third-order valence-electron chi connectivity index (χ3n) is 10.9. The zero-order chi connectivity index (χ0) is 45.4. The van der Waals surface area contributed by atoms with Gasteiger partial charge in [0.05, 0.1) is 17.9 Å². The lowest BCUT2D eigenvalue weighted by molar-refractivity contribution is -0.138. The molecule has 4 aromatic rings. The quantitative estimate of drug-likeness (QED) is 0.163. The van der Waals surface area contributed by atoms with Crippen LogP contribution < -0.4 is 16.8 Å². The van der Waals surface area contributed by atoms with Gasteiger partial charge in [0.2, 0.25) is 11.2 Å². The summed E-state index contributed by atoms with van der Waals surface area (Å²) in [5, 5.41) is 32.9. The Morgan fingerprint density at radius 1 is 0.778 bits per heavy atom. The van der Waals surface area contributed by atoms with Crippen molar-refractivity contribution in [1.82, 2.24) is 49.5 Å². The molecule has 2 atom stereocenters. The molecule has 8 heterocycles. The fourth-order valence-corrected chi connectivity index (χ4v) is 7.54. The number of aliphatic hydroxyl groups is 2. The molecule has 0 aromatic carbocycles. The first-order valence-electron chi connectivity index (χ1n) is 20.2. The highest BCUT2D eigenvalue weighted by Crippen LogP contribution is 2.28. The molecule has 20 nitrogen and oxygen atoms in total. The van der Waals surface area contributed by atoms with Crippen molar-refractivity contribution in [2.75, 3.05) is 40.3 Å². The van der Waals surface area contributed by atoms with Crippen LogP contribution in [0.2, 0.25) is 0 Å². The lowest BCUT2D eigenvalue weighted by Gasteiger charge is -2.30. The highest BCUT2D eigenvalue weighted by atomic mass is 16.6. The number of aromatic nitrogens is 6. The maximum Gasteiger partial charge on any atom is 0.410 e. The fourth-order valence-electron chi connectivity index (χ4n) is 7.54. The molecule has 20 heteroatoms. The smallest absolute Gasteiger partial charge is 0.410 e. The lowest BCUT2D eigenvalue weighted by Crippen LogP contribution is -2.40. The molecule has 7 N–H and O–H groups in total. The molecule has 0 saturated carbocycles. The summed E-state index contributed by atoms with van der Waals surface area (Å²) in [6.45, 7) is 8.04. The van der Waals surface area contributed by atoms with Gasteiger partial charge in [-0.15, -0.1) is 0 Å². The number of carbonyl (C=O) groups is 5. The van der Waals surface area contributed by atoms with Gasteiger partial charge >= 0.3 is 6.09 Å². The normalized spacial score (nSPS) is 20.4. The molecule has 63 heavy (non-hydrogen) atoms. The van der Waals surface area contributed by atoms with E-state index in [1.807, 2.05) is 0 Å². The summed E-state index contributed by atoms with van der Waals surface area (Å²) in [6, 6.07) is 6.70. The Morgan fingerprint density at radius 2 is 1.27 bits per heavy atom. The van der Waals surface area contributed by atoms with Crippen molar-refractivity contribution in [3.8, 4) is 35.3 Å². The van der Waals surface area contributed by atoms with Crippen molar-refractivity contribution in [2.45, 2.75) is 76.3 Å². The summed E-state index contributed by atoms with van der Waals surface area (Å²) in [6.07, 6.45) is 4.23. The number of likely N-dealkylation sites (tertiary alicyclic amines) is 2. The summed E-state index contributed by atoms with van der Waals surface area (Å²) < 4.78 is 8.60. The van der Waals surface area contributed by atoms with E-state index in [0.717, 1.165) is 17.8 Å². The van der Waals surface area contributed by atoms with Crippen molar-refractivity contribution in [2.24, 2.45) is 11.5 Å². The van der Waals surface area contributed by atoms with E-state index in [1.165, 1.54) is 25.6 Å². The molecule has 0 radical (unpaired) electrons. The minimum absolute atomic E-state index is 0.0560. The Balaban J connectivity index is 0.000000193. The number of rotatable bonds is 4. The van der Waals surface area contributed by atoms with Crippen LogP contribution in [0.1, 0.15) is 88.2 Å². The second kappa shape index (κ2) is 17.0. The van der Waals surface area contributed by atoms with Crippen molar-refractivity contribution < 1.29 is 38.9 Å². The van der Waals surface area contributed by atoms with Crippen molar-refractivity contribution in [3.63, 3.8) is 0 Å². The molecule has 0 unspecified atom stereocenters. The Hall–Kier alpha value is -7.13. The molecule has 2 saturated heterocycles. The number of hydrogen-bond donors (Lipinski definition) is 5. The number of nitrogens with zero attached hydrogens (tertiary/aromatic N) is 9. The van der Waals surface area contributed by atoms with Gasteiger partial charge in [-0.2, -0.15) is 10.2 Å². The van der Waals surface area contributed by atoms with Gasteiger partial charge in [0, 0.05) is 107 Å². The third-order valence-corrected chi connectivity index (χ3v) is 10.9. The topological polar surface area (TPSA) is 270 Å². The van der Waals surface area contributed by atoms with E-state index in [-0.39, 0.29) is 30.8 Å². The molecule has 8 rings (SSSR count).